The topological polar surface area (TPSA) is 57.7 Å². The van der Waals surface area contributed by atoms with Gasteiger partial charge < -0.3 is 4.90 Å². The summed E-state index contributed by atoms with van der Waals surface area (Å²) in [5.74, 6) is -0.531. The number of rotatable bonds is 2. The molecule has 0 aromatic heterocycles. The molecule has 5 nitrogen and oxygen atoms in total. The Hall–Kier alpha value is -2.95. The fourth-order valence-corrected chi connectivity index (χ4v) is 4.92. The Morgan fingerprint density at radius 1 is 0.862 bits per heavy atom. The van der Waals surface area contributed by atoms with Crippen LogP contribution in [-0.4, -0.2) is 40.1 Å². The lowest BCUT2D eigenvalue weighted by atomic mass is 9.94. The number of hydrogen-bond acceptors (Lipinski definition) is 3. The molecule has 0 spiro atoms. The monoisotopic (exact) mass is 388 g/mol. The Morgan fingerprint density at radius 2 is 1.59 bits per heavy atom. The largest absolute Gasteiger partial charge is 0.334 e. The van der Waals surface area contributed by atoms with Gasteiger partial charge in [0.2, 0.25) is 0 Å². The summed E-state index contributed by atoms with van der Waals surface area (Å²) < 4.78 is 0. The smallest absolute Gasteiger partial charge is 0.261 e. The van der Waals surface area contributed by atoms with Crippen molar-refractivity contribution in [3.63, 3.8) is 0 Å². The molecule has 29 heavy (non-hydrogen) atoms. The van der Waals surface area contributed by atoms with Gasteiger partial charge in [0.15, 0.2) is 0 Å². The molecule has 2 heterocycles. The molecule has 0 unspecified atom stereocenters. The van der Waals surface area contributed by atoms with Gasteiger partial charge in [-0.3, -0.25) is 19.3 Å². The van der Waals surface area contributed by atoms with Crippen molar-refractivity contribution < 1.29 is 14.4 Å². The summed E-state index contributed by atoms with van der Waals surface area (Å²) >= 11 is 0. The average Bonchev–Trinajstić information content (AvgIpc) is 3.03. The first-order valence-corrected chi connectivity index (χ1v) is 10.5. The molecule has 2 aliphatic heterocycles. The number of amides is 3. The van der Waals surface area contributed by atoms with Gasteiger partial charge in [-0.15, -0.1) is 0 Å². The molecule has 1 aliphatic carbocycles. The fourth-order valence-electron chi connectivity index (χ4n) is 4.92. The van der Waals surface area contributed by atoms with Crippen LogP contribution in [-0.2, 0) is 13.0 Å². The van der Waals surface area contributed by atoms with Gasteiger partial charge >= 0.3 is 0 Å². The second kappa shape index (κ2) is 7.14. The Kier molecular flexibility index (Phi) is 4.46. The fraction of sp³-hybridized carbons (Fsp3) is 0.375. The second-order valence-electron chi connectivity index (χ2n) is 8.28. The zero-order chi connectivity index (χ0) is 20.0. The maximum Gasteiger partial charge on any atom is 0.261 e. The number of imide groups is 1. The minimum Gasteiger partial charge on any atom is -0.334 e. The number of nitrogens with zero attached hydrogens (tertiary/aromatic N) is 2. The molecule has 2 aromatic carbocycles. The van der Waals surface area contributed by atoms with E-state index in [2.05, 4.69) is 12.1 Å². The van der Waals surface area contributed by atoms with Crippen molar-refractivity contribution in [2.24, 2.45) is 0 Å². The molecule has 0 N–H and O–H groups in total. The van der Waals surface area contributed by atoms with Crippen molar-refractivity contribution in [3.05, 3.63) is 70.3 Å². The van der Waals surface area contributed by atoms with Crippen LogP contribution in [0.4, 0.5) is 0 Å². The van der Waals surface area contributed by atoms with Crippen LogP contribution in [0.1, 0.15) is 74.3 Å². The summed E-state index contributed by atoms with van der Waals surface area (Å²) in [4.78, 5) is 42.2. The van der Waals surface area contributed by atoms with E-state index in [0.717, 1.165) is 38.5 Å². The standard InChI is InChI=1S/C24H24N2O3/c27-22(25-13-12-16-6-4-5-7-18(16)15-25)17-10-11-20-21(14-17)24(29)26(23(20)28)19-8-2-1-3-9-19/h4-7,10-11,14,19H,1-3,8-9,12-13,15H2. The molecule has 0 saturated heterocycles. The Balaban J connectivity index is 1.39. The Morgan fingerprint density at radius 3 is 2.38 bits per heavy atom. The first kappa shape index (κ1) is 18.1. The highest BCUT2D eigenvalue weighted by Crippen LogP contribution is 2.32. The minimum atomic E-state index is -0.240. The van der Waals surface area contributed by atoms with Gasteiger partial charge in [-0.25, -0.2) is 0 Å². The van der Waals surface area contributed by atoms with E-state index in [9.17, 15) is 14.4 Å². The average molecular weight is 388 g/mol. The number of benzene rings is 2. The van der Waals surface area contributed by atoms with Crippen LogP contribution in [0.2, 0.25) is 0 Å². The normalized spacial score (nSPS) is 19.3. The molecule has 0 atom stereocenters. The summed E-state index contributed by atoms with van der Waals surface area (Å²) in [6.07, 6.45) is 5.86. The predicted molar refractivity (Wildman–Crippen MR) is 109 cm³/mol. The lowest BCUT2D eigenvalue weighted by Crippen LogP contribution is -2.40. The highest BCUT2D eigenvalue weighted by Gasteiger charge is 2.40. The third-order valence-electron chi connectivity index (χ3n) is 6.52. The summed E-state index contributed by atoms with van der Waals surface area (Å²) in [6.45, 7) is 1.24. The van der Waals surface area contributed by atoms with Gasteiger partial charge in [0.25, 0.3) is 17.7 Å². The van der Waals surface area contributed by atoms with Crippen molar-refractivity contribution in [2.75, 3.05) is 6.54 Å². The molecule has 5 rings (SSSR count). The molecule has 148 valence electrons. The minimum absolute atomic E-state index is 0.00565. The Labute approximate surface area is 170 Å². The molecule has 0 radical (unpaired) electrons. The number of fused-ring (bicyclic) bond motifs is 2. The van der Waals surface area contributed by atoms with Crippen LogP contribution in [0, 0.1) is 0 Å². The van der Waals surface area contributed by atoms with E-state index in [1.807, 2.05) is 17.0 Å². The summed E-state index contributed by atoms with van der Waals surface area (Å²) in [5, 5.41) is 0. The maximum atomic E-state index is 13.1. The highest BCUT2D eigenvalue weighted by atomic mass is 16.2. The third-order valence-corrected chi connectivity index (χ3v) is 6.52. The SMILES string of the molecule is O=C(c1ccc2c(c1)C(=O)N(C1CCCCC1)C2=O)N1CCc2ccccc2C1. The first-order valence-electron chi connectivity index (χ1n) is 10.5. The quantitative estimate of drug-likeness (QED) is 0.735. The van der Waals surface area contributed by atoms with Crippen molar-refractivity contribution in [3.8, 4) is 0 Å². The van der Waals surface area contributed by atoms with Crippen molar-refractivity contribution in [1.29, 1.82) is 0 Å². The number of hydrogen-bond donors (Lipinski definition) is 0. The molecule has 1 fully saturated rings. The van der Waals surface area contributed by atoms with Crippen LogP contribution in [0.15, 0.2) is 42.5 Å². The molecule has 0 bridgehead atoms. The van der Waals surface area contributed by atoms with E-state index in [0.29, 0.717) is 29.8 Å². The van der Waals surface area contributed by atoms with E-state index in [4.69, 9.17) is 0 Å². The second-order valence-corrected chi connectivity index (χ2v) is 8.28. The van der Waals surface area contributed by atoms with Crippen molar-refractivity contribution in [1.82, 2.24) is 9.80 Å². The number of carbonyl (C=O) groups is 3. The van der Waals surface area contributed by atoms with E-state index < -0.39 is 0 Å². The van der Waals surface area contributed by atoms with Crippen LogP contribution in [0.25, 0.3) is 0 Å². The van der Waals surface area contributed by atoms with Crippen LogP contribution in [0.3, 0.4) is 0 Å². The van der Waals surface area contributed by atoms with E-state index in [1.54, 1.807) is 18.2 Å². The first-order chi connectivity index (χ1) is 14.1. The van der Waals surface area contributed by atoms with Gasteiger partial charge in [-0.1, -0.05) is 43.5 Å². The van der Waals surface area contributed by atoms with Crippen LogP contribution in [0.5, 0.6) is 0 Å². The van der Waals surface area contributed by atoms with Crippen molar-refractivity contribution >= 4 is 17.7 Å². The summed E-state index contributed by atoms with van der Waals surface area (Å²) in [5.41, 5.74) is 3.75. The molecule has 3 amide bonds. The summed E-state index contributed by atoms with van der Waals surface area (Å²) in [7, 11) is 0. The molecule has 3 aliphatic rings. The highest BCUT2D eigenvalue weighted by molar-refractivity contribution is 6.22. The van der Waals surface area contributed by atoms with Crippen LogP contribution >= 0.6 is 0 Å². The molecular formula is C24H24N2O3. The lowest BCUT2D eigenvalue weighted by Gasteiger charge is -2.29. The van der Waals surface area contributed by atoms with Gasteiger partial charge in [-0.05, 0) is 48.6 Å². The third kappa shape index (κ3) is 3.05. The number of carbonyl (C=O) groups excluding carboxylic acids is 3. The zero-order valence-electron chi connectivity index (χ0n) is 16.4. The Bertz CT molecular complexity index is 1010. The van der Waals surface area contributed by atoms with Gasteiger partial charge in [0, 0.05) is 24.7 Å². The van der Waals surface area contributed by atoms with Crippen molar-refractivity contribution in [2.45, 2.75) is 51.1 Å². The summed E-state index contributed by atoms with van der Waals surface area (Å²) in [6, 6.07) is 13.2. The molecule has 2 aromatic rings. The molecular weight excluding hydrogens is 364 g/mol. The lowest BCUT2D eigenvalue weighted by molar-refractivity contribution is 0.0548. The van der Waals surface area contributed by atoms with E-state index in [1.165, 1.54) is 16.0 Å². The van der Waals surface area contributed by atoms with Gasteiger partial charge in [0.1, 0.15) is 0 Å². The van der Waals surface area contributed by atoms with Crippen LogP contribution < -0.4 is 0 Å². The molecule has 5 heteroatoms. The zero-order valence-corrected chi connectivity index (χ0v) is 16.4. The molecule has 1 saturated carbocycles. The van der Waals surface area contributed by atoms with E-state index >= 15 is 0 Å². The maximum absolute atomic E-state index is 13.1. The predicted octanol–water partition coefficient (Wildman–Crippen LogP) is 3.81. The van der Waals surface area contributed by atoms with E-state index in [-0.39, 0.29) is 23.8 Å². The van der Waals surface area contributed by atoms with Gasteiger partial charge in [0.05, 0.1) is 11.1 Å². The van der Waals surface area contributed by atoms with Gasteiger partial charge in [-0.2, -0.15) is 0 Å².